The van der Waals surface area contributed by atoms with Crippen molar-refractivity contribution in [2.24, 2.45) is 45.1 Å². The Morgan fingerprint density at radius 1 is 0.456 bits per heavy atom. The average molecular weight is 2000 g/mol. The number of nitrogens with one attached hydrogen (secondary N) is 5. The molecule has 0 saturated heterocycles. The minimum atomic E-state index is -5.08. The Morgan fingerprint density at radius 2 is 0.736 bits per heavy atom. The second kappa shape index (κ2) is 48.8. The van der Waals surface area contributed by atoms with Gasteiger partial charge in [0, 0.05) is 94.2 Å². The average Bonchev–Trinajstić information content (AvgIpc) is 1.62. The monoisotopic (exact) mass is 2000 g/mol. The minimum Gasteiger partial charge on any atom is -0.481 e. The van der Waals surface area contributed by atoms with E-state index in [4.69, 9.17) is 96.6 Å². The summed E-state index contributed by atoms with van der Waals surface area (Å²) in [7, 11) is 0. The minimum absolute atomic E-state index is 0. The fourth-order valence-electron chi connectivity index (χ4n) is 8.67. The number of ether oxygens (including phenoxy) is 4. The van der Waals surface area contributed by atoms with E-state index in [0.717, 1.165) is 119 Å². The molecule has 125 heavy (non-hydrogen) atoms. The standard InChI is InChI=1S/C18H24N4O3.C14H18N2O4.C13H17IN2O2.C13H16N4O.C4H8N2O.C4H6O3.3C2HF3O2.2C2H4O2.Pd/c1-17(2,3)25-16(24)22-18(8-9-18)13-7-6-12(10-20-13)15(23)21-14(19)11-4-5-11;1-13(2,3)20-12(19)16-14(6-7-14)10-5-4-9(8-15-10)11(17)18;1-12(2,3)18-11(17)16-13(6-7-13)10-5-4-9(14)8-15-10;14-11(8-1-2-8)17-12(18)9-3-4-10(16-7-9)13(15)5-6-13;5-4(6-7)3-1-2-3;1-3(5)7-4(2)6;3*3-2(4,5)1(6)7;2*1-2(3)4;/h6-7,10-11H,4-5,8-9H2,1-3H3,(H,22,24)(H2,19,21,23);4-5,8H,6-7H2,1-3H3,(H,16,19)(H,17,18);4-5,8H,6-7H2,1-3H3,(H,16,17);3-4,7-8H,1-2,5-6,15H2,(H2,14,17,18);3,7H,1-2H2,(H2,5,6);1-2H3;3*(H,6,7);2*1H3,(H,3,4);. The van der Waals surface area contributed by atoms with Crippen LogP contribution in [0.1, 0.15) is 234 Å². The Bertz CT molecular complexity index is 4330. The first-order valence-electron chi connectivity index (χ1n) is 36.9. The number of alkyl halides is 9. The zero-order chi connectivity index (χ0) is 95.9. The van der Waals surface area contributed by atoms with Gasteiger partial charge in [-0.15, -0.1) is 0 Å². The van der Waals surface area contributed by atoms with Crippen LogP contribution in [-0.4, -0.2) is 186 Å². The van der Waals surface area contributed by atoms with Gasteiger partial charge in [-0.25, -0.2) is 33.6 Å². The zero-order valence-electron chi connectivity index (χ0n) is 69.6. The number of rotatable bonds is 13. The van der Waals surface area contributed by atoms with Crippen LogP contribution >= 0.6 is 22.6 Å². The van der Waals surface area contributed by atoms with Crippen LogP contribution in [-0.2, 0) is 95.1 Å². The van der Waals surface area contributed by atoms with Gasteiger partial charge >= 0.3 is 72.6 Å². The van der Waals surface area contributed by atoms with Crippen molar-refractivity contribution in [3.05, 3.63) is 116 Å². The molecule has 38 nitrogen and oxygen atoms in total. The van der Waals surface area contributed by atoms with E-state index in [1.54, 1.807) is 45.0 Å². The zero-order valence-corrected chi connectivity index (χ0v) is 73.4. The number of hydrogen-bond acceptors (Lipinski definition) is 25. The first-order chi connectivity index (χ1) is 56.6. The number of aromatic nitrogens is 4. The first kappa shape index (κ1) is 114. The molecule has 4 aromatic rings. The van der Waals surface area contributed by atoms with E-state index in [1.807, 2.05) is 65.9 Å². The van der Waals surface area contributed by atoms with E-state index in [0.29, 0.717) is 46.0 Å². The third kappa shape index (κ3) is 49.1. The molecule has 7 saturated carbocycles. The molecule has 0 aliphatic heterocycles. The van der Waals surface area contributed by atoms with Crippen molar-refractivity contribution in [1.82, 2.24) is 41.2 Å². The molecule has 4 heterocycles. The number of carbonyl (C=O) groups is 13. The summed E-state index contributed by atoms with van der Waals surface area (Å²) in [4.78, 5) is 156. The van der Waals surface area contributed by atoms with Gasteiger partial charge in [-0.05, 0) is 223 Å². The number of aromatic carboxylic acids is 1. The number of hydrogen-bond donors (Lipinski definition) is 15. The van der Waals surface area contributed by atoms with Crippen LogP contribution in [0.15, 0.2) is 83.5 Å². The van der Waals surface area contributed by atoms with E-state index < -0.39 is 106 Å². The Hall–Kier alpha value is -11.4. The molecule has 0 unspecified atom stereocenters. The molecule has 4 aromatic heterocycles. The molecular weight excluding hydrogens is 1900 g/mol. The number of aliphatic imine (C=N–C) groups is 1. The summed E-state index contributed by atoms with van der Waals surface area (Å²) >= 11 is 2.21. The number of oxime groups is 1. The van der Waals surface area contributed by atoms with E-state index >= 15 is 0 Å². The molecule has 698 valence electrons. The second-order valence-electron chi connectivity index (χ2n) is 30.8. The number of nitrogens with zero attached hydrogens (tertiary/aromatic N) is 6. The van der Waals surface area contributed by atoms with Gasteiger partial charge in [0.15, 0.2) is 0 Å². The molecular formula is C76H100F9IN14O24Pd. The topological polar surface area (TPSA) is 627 Å². The third-order valence-electron chi connectivity index (χ3n) is 15.6. The Balaban J connectivity index is 0.00000142. The summed E-state index contributed by atoms with van der Waals surface area (Å²) in [6, 6.07) is 14.0. The summed E-state index contributed by atoms with van der Waals surface area (Å²) in [5.74, 6) is -10.7. The Morgan fingerprint density at radius 3 is 0.952 bits per heavy atom. The molecule has 0 bridgehead atoms. The number of carboxylic acid groups (broad SMARTS) is 6. The molecule has 5 amide bonds. The summed E-state index contributed by atoms with van der Waals surface area (Å²) in [6.45, 7) is 20.9. The largest absolute Gasteiger partial charge is 0.490 e. The number of nitrogens with two attached hydrogens (primary N) is 3. The molecule has 7 aliphatic carbocycles. The molecule has 0 radical (unpaired) electrons. The molecule has 7 fully saturated rings. The van der Waals surface area contributed by atoms with Crippen molar-refractivity contribution < 1.29 is 177 Å². The number of alkyl carbamates (subject to hydrolysis) is 3. The maximum absolute atomic E-state index is 12.1. The summed E-state index contributed by atoms with van der Waals surface area (Å²) in [5.41, 5.74) is 17.9. The van der Waals surface area contributed by atoms with Gasteiger partial charge in [-0.2, -0.15) is 44.5 Å². The van der Waals surface area contributed by atoms with Crippen molar-refractivity contribution in [1.29, 1.82) is 5.41 Å². The van der Waals surface area contributed by atoms with Gasteiger partial charge in [-0.1, -0.05) is 5.16 Å². The maximum atomic E-state index is 12.1. The number of halogens is 10. The van der Waals surface area contributed by atoms with Crippen LogP contribution in [0.5, 0.6) is 0 Å². The molecule has 49 heteroatoms. The van der Waals surface area contributed by atoms with Crippen molar-refractivity contribution in [2.45, 2.75) is 237 Å². The van der Waals surface area contributed by atoms with Crippen LogP contribution in [0.2, 0.25) is 0 Å². The van der Waals surface area contributed by atoms with Crippen LogP contribution in [0, 0.1) is 26.7 Å². The molecule has 11 rings (SSSR count). The van der Waals surface area contributed by atoms with E-state index in [2.05, 4.69) is 78.7 Å². The fourth-order valence-corrected chi connectivity index (χ4v) is 8.99. The second-order valence-corrected chi connectivity index (χ2v) is 32.1. The van der Waals surface area contributed by atoms with Gasteiger partial charge in [0.25, 0.3) is 23.8 Å². The van der Waals surface area contributed by atoms with Gasteiger partial charge < -0.3 is 93.3 Å². The molecule has 0 atom stereocenters. The van der Waals surface area contributed by atoms with Gasteiger partial charge in [-0.3, -0.25) is 54.1 Å². The Kier molecular flexibility index (Phi) is 44.4. The van der Waals surface area contributed by atoms with Gasteiger partial charge in [0.05, 0.1) is 61.6 Å². The van der Waals surface area contributed by atoms with Crippen molar-refractivity contribution in [3.63, 3.8) is 0 Å². The Labute approximate surface area is 736 Å². The number of esters is 2. The summed E-state index contributed by atoms with van der Waals surface area (Å²) < 4.78 is 116. The first-order valence-corrected chi connectivity index (χ1v) is 38.0. The van der Waals surface area contributed by atoms with Crippen LogP contribution in [0.3, 0.4) is 0 Å². The fraction of sp³-hybridized carbons (Fsp3) is 0.526. The SMILES string of the molecule is CC(=O)O.CC(=O)O.CC(=O)OC(C)=O.CC(C)(C)OC(=O)NC1(c2ccc(C(=O)NC(=N)C3CC3)cn2)CC1.CC(C)(C)OC(=O)NC1(c2ccc(C(=O)O)cn2)CC1.CC(C)(C)OC(=O)NC1(c2ccc(I)cn2)CC1.NC(=NC(=O)c1ccc(C2(N)CC2)nc1)C1CC1.NC(=NO)C1CC1.O=C(O)C(F)(F)F.O=C(O)C(F)(F)F.O=C(O)C(F)(F)F.[Pd]. The number of carboxylic acids is 6. The third-order valence-corrected chi connectivity index (χ3v) is 16.2. The quantitative estimate of drug-likeness (QED) is 0.00565. The summed E-state index contributed by atoms with van der Waals surface area (Å²) in [5, 5.41) is 74.9. The molecule has 0 spiro atoms. The van der Waals surface area contributed by atoms with Crippen LogP contribution in [0.25, 0.3) is 0 Å². The van der Waals surface area contributed by atoms with Crippen molar-refractivity contribution in [2.75, 3.05) is 0 Å². The molecule has 18 N–H and O–H groups in total. The van der Waals surface area contributed by atoms with Crippen LogP contribution < -0.4 is 38.5 Å². The smallest absolute Gasteiger partial charge is 0.481 e. The van der Waals surface area contributed by atoms with Crippen LogP contribution in [0.4, 0.5) is 53.9 Å². The number of pyridine rings is 4. The van der Waals surface area contributed by atoms with E-state index in [9.17, 15) is 77.9 Å². The number of amidine groups is 3. The number of aliphatic carboxylic acids is 5. The number of amides is 5. The van der Waals surface area contributed by atoms with Gasteiger partial charge in [0.2, 0.25) is 0 Å². The predicted molar refractivity (Wildman–Crippen MR) is 425 cm³/mol. The summed E-state index contributed by atoms with van der Waals surface area (Å²) in [6.07, 6.45) is 2.62. The van der Waals surface area contributed by atoms with Gasteiger partial charge in [0.1, 0.15) is 34.3 Å². The van der Waals surface area contributed by atoms with E-state index in [1.165, 1.54) is 38.5 Å². The maximum Gasteiger partial charge on any atom is 0.490 e. The van der Waals surface area contributed by atoms with Crippen molar-refractivity contribution in [3.8, 4) is 0 Å². The van der Waals surface area contributed by atoms with Crippen molar-refractivity contribution >= 4 is 118 Å². The molecule has 0 aromatic carbocycles. The normalized spacial score (nSPS) is 15.8. The predicted octanol–water partition coefficient (Wildman–Crippen LogP) is 11.5. The van der Waals surface area contributed by atoms with E-state index in [-0.39, 0.29) is 66.7 Å². The molecule has 7 aliphatic rings. The number of carbonyl (C=O) groups excluding carboxylic acids is 7.